The molecule has 0 N–H and O–H groups in total. The number of esters is 1. The lowest BCUT2D eigenvalue weighted by atomic mass is 10.0. The number of hydrogen-bond acceptors (Lipinski definition) is 7. The molecule has 0 spiro atoms. The lowest BCUT2D eigenvalue weighted by molar-refractivity contribution is -0.144. The summed E-state index contributed by atoms with van der Waals surface area (Å²) in [4.78, 5) is 19.3. The van der Waals surface area contributed by atoms with Crippen LogP contribution >= 0.6 is 23.4 Å². The van der Waals surface area contributed by atoms with Gasteiger partial charge in [0.1, 0.15) is 5.75 Å². The predicted molar refractivity (Wildman–Crippen MR) is 125 cm³/mol. The molecule has 6 nitrogen and oxygen atoms in total. The number of pyridine rings is 1. The van der Waals surface area contributed by atoms with Crippen molar-refractivity contribution in [3.8, 4) is 5.75 Å². The summed E-state index contributed by atoms with van der Waals surface area (Å²) in [7, 11) is 0. The summed E-state index contributed by atoms with van der Waals surface area (Å²) in [5.41, 5.74) is 2.60. The second-order valence-electron chi connectivity index (χ2n) is 7.38. The van der Waals surface area contributed by atoms with Gasteiger partial charge in [-0.15, -0.1) is 5.10 Å². The van der Waals surface area contributed by atoms with E-state index in [0.717, 1.165) is 11.3 Å². The topological polar surface area (TPSA) is 64.0 Å². The number of hydrogen-bond donors (Lipinski definition) is 0. The molecule has 3 aromatic rings. The predicted octanol–water partition coefficient (Wildman–Crippen LogP) is 5.32. The maximum Gasteiger partial charge on any atom is 0.331 e. The van der Waals surface area contributed by atoms with Gasteiger partial charge in [0.05, 0.1) is 18.1 Å². The van der Waals surface area contributed by atoms with E-state index >= 15 is 0 Å². The van der Waals surface area contributed by atoms with Crippen molar-refractivity contribution in [3.05, 3.63) is 76.9 Å². The third kappa shape index (κ3) is 4.06. The Morgan fingerprint density at radius 3 is 2.84 bits per heavy atom. The Labute approximate surface area is 195 Å². The number of rotatable bonds is 4. The van der Waals surface area contributed by atoms with E-state index in [4.69, 9.17) is 21.1 Å². The van der Waals surface area contributed by atoms with Crippen molar-refractivity contribution in [1.82, 2.24) is 4.98 Å². The summed E-state index contributed by atoms with van der Waals surface area (Å²) in [6.45, 7) is 2.05. The van der Waals surface area contributed by atoms with E-state index < -0.39 is 12.0 Å². The van der Waals surface area contributed by atoms with Crippen molar-refractivity contribution in [1.29, 1.82) is 0 Å². The van der Waals surface area contributed by atoms with E-state index in [1.165, 1.54) is 21.0 Å². The third-order valence-electron chi connectivity index (χ3n) is 5.24. The standard InChI is InChI=1S/C24H20ClN3O3S/c1-2-30-24(29)19-14-22(27-28(19)23-18(25)7-5-11-26-23)31-17-10-9-16-12-15-6-3-4-8-20(15)32-21(16)13-17/h3-11,13,19H,2,12,14H2,1H3. The zero-order valence-electron chi connectivity index (χ0n) is 17.3. The number of anilines is 1. The molecular weight excluding hydrogens is 446 g/mol. The molecule has 0 saturated carbocycles. The SMILES string of the molecule is CCOC(=O)C1CC(Oc2ccc3c(c2)Sc2ccccc2C3)=NN1c1ncccc1Cl. The fourth-order valence-corrected chi connectivity index (χ4v) is 5.07. The largest absolute Gasteiger partial charge is 0.464 e. The third-order valence-corrected chi connectivity index (χ3v) is 6.76. The van der Waals surface area contributed by atoms with Gasteiger partial charge < -0.3 is 9.47 Å². The highest BCUT2D eigenvalue weighted by atomic mass is 35.5. The lowest BCUT2D eigenvalue weighted by Gasteiger charge is -2.20. The van der Waals surface area contributed by atoms with Gasteiger partial charge in [-0.25, -0.2) is 14.8 Å². The summed E-state index contributed by atoms with van der Waals surface area (Å²) in [5, 5.41) is 6.40. The zero-order chi connectivity index (χ0) is 22.1. The zero-order valence-corrected chi connectivity index (χ0v) is 18.9. The average Bonchev–Trinajstić information content (AvgIpc) is 3.21. The van der Waals surface area contributed by atoms with Crippen LogP contribution in [0.4, 0.5) is 5.82 Å². The summed E-state index contributed by atoms with van der Waals surface area (Å²) in [6, 6.07) is 17.2. The first-order valence-corrected chi connectivity index (χ1v) is 11.5. The second-order valence-corrected chi connectivity index (χ2v) is 8.87. The molecule has 0 aliphatic carbocycles. The number of nitrogens with zero attached hydrogens (tertiary/aromatic N) is 3. The van der Waals surface area contributed by atoms with Crippen LogP contribution in [0.5, 0.6) is 5.75 Å². The van der Waals surface area contributed by atoms with Crippen LogP contribution in [0.2, 0.25) is 5.02 Å². The number of halogens is 1. The van der Waals surface area contributed by atoms with Gasteiger partial charge in [0.15, 0.2) is 11.9 Å². The Kier molecular flexibility index (Phi) is 5.76. The number of carbonyl (C=O) groups is 1. The van der Waals surface area contributed by atoms with Crippen molar-refractivity contribution >= 4 is 41.0 Å². The van der Waals surface area contributed by atoms with Crippen LogP contribution in [0.25, 0.3) is 0 Å². The van der Waals surface area contributed by atoms with Gasteiger partial charge in [-0.05, 0) is 54.8 Å². The minimum Gasteiger partial charge on any atom is -0.464 e. The Balaban J connectivity index is 1.40. The van der Waals surface area contributed by atoms with E-state index in [0.29, 0.717) is 22.5 Å². The average molecular weight is 466 g/mol. The molecule has 0 bridgehead atoms. The second kappa shape index (κ2) is 8.84. The molecule has 2 aromatic carbocycles. The molecule has 2 aliphatic heterocycles. The van der Waals surface area contributed by atoms with Crippen molar-refractivity contribution in [2.24, 2.45) is 5.10 Å². The number of hydrazone groups is 1. The monoisotopic (exact) mass is 465 g/mol. The first-order valence-electron chi connectivity index (χ1n) is 10.3. The van der Waals surface area contributed by atoms with Crippen LogP contribution in [-0.2, 0) is 16.0 Å². The highest BCUT2D eigenvalue weighted by molar-refractivity contribution is 7.99. The first kappa shape index (κ1) is 20.8. The molecule has 0 amide bonds. The fraction of sp³-hybridized carbons (Fsp3) is 0.208. The number of fused-ring (bicyclic) bond motifs is 2. The van der Waals surface area contributed by atoms with Crippen molar-refractivity contribution < 1.29 is 14.3 Å². The molecular formula is C24H20ClN3O3S. The van der Waals surface area contributed by atoms with Gasteiger partial charge in [-0.3, -0.25) is 0 Å². The quantitative estimate of drug-likeness (QED) is 0.380. The molecule has 32 heavy (non-hydrogen) atoms. The molecule has 8 heteroatoms. The van der Waals surface area contributed by atoms with Crippen LogP contribution in [0, 0.1) is 0 Å². The van der Waals surface area contributed by atoms with Gasteiger partial charge in [0.25, 0.3) is 0 Å². The van der Waals surface area contributed by atoms with Crippen molar-refractivity contribution in [2.45, 2.75) is 35.6 Å². The van der Waals surface area contributed by atoms with E-state index in [2.05, 4.69) is 40.4 Å². The van der Waals surface area contributed by atoms with Crippen LogP contribution < -0.4 is 9.75 Å². The Morgan fingerprint density at radius 2 is 2.00 bits per heavy atom. The number of carbonyl (C=O) groups excluding carboxylic acids is 1. The fourth-order valence-electron chi connectivity index (χ4n) is 3.76. The smallest absolute Gasteiger partial charge is 0.331 e. The minimum absolute atomic E-state index is 0.263. The highest BCUT2D eigenvalue weighted by Crippen LogP contribution is 2.41. The molecule has 0 saturated heterocycles. The first-order chi connectivity index (χ1) is 15.6. The normalized spacial score (nSPS) is 16.8. The number of ether oxygens (including phenoxy) is 2. The molecule has 3 heterocycles. The Bertz CT molecular complexity index is 1220. The molecule has 0 fully saturated rings. The van der Waals surface area contributed by atoms with E-state index in [1.807, 2.05) is 12.1 Å². The van der Waals surface area contributed by atoms with Gasteiger partial charge in [0, 0.05) is 16.0 Å². The molecule has 0 radical (unpaired) electrons. The number of benzene rings is 2. The van der Waals surface area contributed by atoms with Crippen molar-refractivity contribution in [2.75, 3.05) is 11.6 Å². The molecule has 1 atom stereocenters. The van der Waals surface area contributed by atoms with Gasteiger partial charge in [-0.2, -0.15) is 0 Å². The van der Waals surface area contributed by atoms with E-state index in [-0.39, 0.29) is 13.0 Å². The lowest BCUT2D eigenvalue weighted by Crippen LogP contribution is -2.36. The summed E-state index contributed by atoms with van der Waals surface area (Å²) >= 11 is 8.04. The highest BCUT2D eigenvalue weighted by Gasteiger charge is 2.37. The molecule has 1 unspecified atom stereocenters. The van der Waals surface area contributed by atoms with Crippen LogP contribution in [0.15, 0.2) is 75.7 Å². The number of aromatic nitrogens is 1. The van der Waals surface area contributed by atoms with E-state index in [9.17, 15) is 4.79 Å². The van der Waals surface area contributed by atoms with Crippen LogP contribution in [-0.4, -0.2) is 29.5 Å². The molecule has 2 aliphatic rings. The van der Waals surface area contributed by atoms with Crippen LogP contribution in [0.1, 0.15) is 24.5 Å². The van der Waals surface area contributed by atoms with Gasteiger partial charge in [-0.1, -0.05) is 47.6 Å². The molecule has 162 valence electrons. The molecule has 1 aromatic heterocycles. The summed E-state index contributed by atoms with van der Waals surface area (Å²) in [5.74, 6) is 1.08. The summed E-state index contributed by atoms with van der Waals surface area (Å²) in [6.07, 6.45) is 2.77. The van der Waals surface area contributed by atoms with Crippen LogP contribution in [0.3, 0.4) is 0 Å². The maximum atomic E-state index is 12.6. The van der Waals surface area contributed by atoms with Gasteiger partial charge >= 0.3 is 5.97 Å². The Hall–Kier alpha value is -3.03. The Morgan fingerprint density at radius 1 is 1.16 bits per heavy atom. The van der Waals surface area contributed by atoms with Gasteiger partial charge in [0.2, 0.25) is 5.90 Å². The minimum atomic E-state index is -0.684. The maximum absolute atomic E-state index is 12.6. The molecule has 5 rings (SSSR count). The van der Waals surface area contributed by atoms with E-state index in [1.54, 1.807) is 37.0 Å². The van der Waals surface area contributed by atoms with Crippen molar-refractivity contribution in [3.63, 3.8) is 0 Å². The summed E-state index contributed by atoms with van der Waals surface area (Å²) < 4.78 is 11.3.